The summed E-state index contributed by atoms with van der Waals surface area (Å²) in [4.78, 5) is 22.4. The van der Waals surface area contributed by atoms with Gasteiger partial charge in [-0.2, -0.15) is 0 Å². The molecule has 2 fully saturated rings. The lowest BCUT2D eigenvalue weighted by Gasteiger charge is -2.29. The van der Waals surface area contributed by atoms with Gasteiger partial charge in [-0.15, -0.1) is 0 Å². The zero-order valence-electron chi connectivity index (χ0n) is 9.03. The molecule has 2 aliphatic rings. The number of carbonyl (C=O) groups is 2. The molecule has 0 radical (unpaired) electrons. The fourth-order valence-electron chi connectivity index (χ4n) is 2.10. The predicted molar refractivity (Wildman–Crippen MR) is 60.2 cm³/mol. The summed E-state index contributed by atoms with van der Waals surface area (Å²) in [5.74, 6) is 1.02. The molecule has 5 nitrogen and oxygen atoms in total. The molecule has 0 bridgehead atoms. The maximum absolute atomic E-state index is 11.5. The minimum absolute atomic E-state index is 0.187. The summed E-state index contributed by atoms with van der Waals surface area (Å²) in [6.07, 6.45) is 2.68. The monoisotopic (exact) mass is 244 g/mol. The van der Waals surface area contributed by atoms with Crippen LogP contribution in [0.25, 0.3) is 0 Å². The number of imide groups is 1. The number of hydrogen-bond donors (Lipinski definition) is 2. The Hall–Kier alpha value is -0.750. The lowest BCUT2D eigenvalue weighted by molar-refractivity contribution is -0.134. The Morgan fingerprint density at radius 3 is 2.50 bits per heavy atom. The third-order valence-corrected chi connectivity index (χ3v) is 4.45. The zero-order valence-corrected chi connectivity index (χ0v) is 9.85. The van der Waals surface area contributed by atoms with E-state index >= 15 is 0 Å². The highest BCUT2D eigenvalue weighted by molar-refractivity contribution is 7.85. The molecule has 0 aromatic rings. The summed E-state index contributed by atoms with van der Waals surface area (Å²) in [6, 6.07) is 0.0101. The Balaban J connectivity index is 1.83. The van der Waals surface area contributed by atoms with Crippen molar-refractivity contribution in [2.24, 2.45) is 0 Å². The molecule has 2 heterocycles. The van der Waals surface area contributed by atoms with Crippen LogP contribution in [0.1, 0.15) is 25.7 Å². The van der Waals surface area contributed by atoms with E-state index in [1.165, 1.54) is 0 Å². The van der Waals surface area contributed by atoms with Gasteiger partial charge in [0, 0.05) is 34.8 Å². The second-order valence-corrected chi connectivity index (χ2v) is 5.99. The lowest BCUT2D eigenvalue weighted by Crippen LogP contribution is -2.54. The second-order valence-electron chi connectivity index (χ2n) is 4.29. The first-order valence-corrected chi connectivity index (χ1v) is 7.08. The molecule has 0 aromatic carbocycles. The Labute approximate surface area is 96.8 Å². The van der Waals surface area contributed by atoms with Crippen LogP contribution in [-0.2, 0) is 20.4 Å². The molecule has 90 valence electrons. The lowest BCUT2D eigenvalue weighted by atomic mass is 10.0. The molecule has 1 unspecified atom stereocenters. The number of carbonyl (C=O) groups excluding carboxylic acids is 2. The van der Waals surface area contributed by atoms with Crippen LogP contribution in [0.3, 0.4) is 0 Å². The molecular formula is C10H16N2O3S. The van der Waals surface area contributed by atoms with Crippen LogP contribution < -0.4 is 10.6 Å². The van der Waals surface area contributed by atoms with Gasteiger partial charge in [-0.1, -0.05) is 0 Å². The van der Waals surface area contributed by atoms with Gasteiger partial charge >= 0.3 is 0 Å². The topological polar surface area (TPSA) is 75.3 Å². The zero-order chi connectivity index (χ0) is 11.5. The standard InChI is InChI=1S/C10H16N2O3S/c13-9-2-1-8(10(14)12-9)11-7-3-5-16(15)6-4-7/h7-8,11H,1-6H2,(H,12,13,14). The maximum atomic E-state index is 11.5. The summed E-state index contributed by atoms with van der Waals surface area (Å²) >= 11 is 0. The van der Waals surface area contributed by atoms with E-state index < -0.39 is 10.8 Å². The number of amides is 2. The van der Waals surface area contributed by atoms with Crippen LogP contribution in [0.4, 0.5) is 0 Å². The van der Waals surface area contributed by atoms with Crippen molar-refractivity contribution in [1.82, 2.24) is 10.6 Å². The molecule has 2 rings (SSSR count). The number of nitrogens with one attached hydrogen (secondary N) is 2. The highest BCUT2D eigenvalue weighted by Crippen LogP contribution is 2.12. The summed E-state index contributed by atoms with van der Waals surface area (Å²) in [6.45, 7) is 0. The van der Waals surface area contributed by atoms with E-state index in [-0.39, 0.29) is 23.9 Å². The molecular weight excluding hydrogens is 228 g/mol. The van der Waals surface area contributed by atoms with Gasteiger partial charge < -0.3 is 5.32 Å². The van der Waals surface area contributed by atoms with Gasteiger partial charge in [0.25, 0.3) is 0 Å². The van der Waals surface area contributed by atoms with Crippen LogP contribution >= 0.6 is 0 Å². The van der Waals surface area contributed by atoms with Gasteiger partial charge in [0.15, 0.2) is 0 Å². The summed E-state index contributed by atoms with van der Waals surface area (Å²) in [5, 5.41) is 5.58. The Morgan fingerprint density at radius 2 is 1.88 bits per heavy atom. The Kier molecular flexibility index (Phi) is 3.70. The average molecular weight is 244 g/mol. The van der Waals surface area contributed by atoms with Crippen molar-refractivity contribution in [3.05, 3.63) is 0 Å². The smallest absolute Gasteiger partial charge is 0.243 e. The van der Waals surface area contributed by atoms with Crippen molar-refractivity contribution in [2.45, 2.75) is 37.8 Å². The predicted octanol–water partition coefficient (Wildman–Crippen LogP) is -0.708. The highest BCUT2D eigenvalue weighted by Gasteiger charge is 2.29. The van der Waals surface area contributed by atoms with E-state index in [9.17, 15) is 13.8 Å². The van der Waals surface area contributed by atoms with Gasteiger partial charge in [0.05, 0.1) is 6.04 Å². The molecule has 0 saturated carbocycles. The van der Waals surface area contributed by atoms with Crippen molar-refractivity contribution in [1.29, 1.82) is 0 Å². The number of rotatable bonds is 2. The molecule has 1 atom stereocenters. The van der Waals surface area contributed by atoms with E-state index in [1.54, 1.807) is 0 Å². The molecule has 2 amide bonds. The largest absolute Gasteiger partial charge is 0.303 e. The third-order valence-electron chi connectivity index (χ3n) is 3.06. The summed E-state index contributed by atoms with van der Waals surface area (Å²) < 4.78 is 11.2. The van der Waals surface area contributed by atoms with Crippen LogP contribution in [0.15, 0.2) is 0 Å². The van der Waals surface area contributed by atoms with Crippen LogP contribution in [-0.4, -0.2) is 39.6 Å². The first-order valence-electron chi connectivity index (χ1n) is 5.60. The maximum Gasteiger partial charge on any atom is 0.243 e. The molecule has 0 aliphatic carbocycles. The van der Waals surface area contributed by atoms with Gasteiger partial charge in [0.2, 0.25) is 11.8 Å². The van der Waals surface area contributed by atoms with Gasteiger partial charge in [-0.25, -0.2) is 0 Å². The van der Waals surface area contributed by atoms with E-state index in [0.29, 0.717) is 24.3 Å². The van der Waals surface area contributed by atoms with Gasteiger partial charge in [-0.3, -0.25) is 19.1 Å². The van der Waals surface area contributed by atoms with Crippen LogP contribution in [0.2, 0.25) is 0 Å². The fourth-order valence-corrected chi connectivity index (χ4v) is 3.40. The third kappa shape index (κ3) is 2.89. The van der Waals surface area contributed by atoms with Crippen molar-refractivity contribution in [2.75, 3.05) is 11.5 Å². The normalized spacial score (nSPS) is 35.9. The van der Waals surface area contributed by atoms with Crippen molar-refractivity contribution in [3.63, 3.8) is 0 Å². The first-order chi connectivity index (χ1) is 7.65. The molecule has 2 saturated heterocycles. The minimum Gasteiger partial charge on any atom is -0.303 e. The molecule has 6 heteroatoms. The Bertz CT molecular complexity index is 322. The average Bonchev–Trinajstić information content (AvgIpc) is 2.25. The van der Waals surface area contributed by atoms with Crippen LogP contribution in [0.5, 0.6) is 0 Å². The van der Waals surface area contributed by atoms with E-state index in [1.807, 2.05) is 0 Å². The summed E-state index contributed by atoms with van der Waals surface area (Å²) in [7, 11) is -0.677. The van der Waals surface area contributed by atoms with Crippen LogP contribution in [0, 0.1) is 0 Å². The van der Waals surface area contributed by atoms with Crippen molar-refractivity contribution < 1.29 is 13.8 Å². The van der Waals surface area contributed by atoms with E-state index in [4.69, 9.17) is 0 Å². The molecule has 2 aliphatic heterocycles. The van der Waals surface area contributed by atoms with Crippen molar-refractivity contribution in [3.8, 4) is 0 Å². The summed E-state index contributed by atoms with van der Waals surface area (Å²) in [5.41, 5.74) is 0. The van der Waals surface area contributed by atoms with Crippen molar-refractivity contribution >= 4 is 22.6 Å². The fraction of sp³-hybridized carbons (Fsp3) is 0.800. The minimum atomic E-state index is -0.677. The number of hydrogen-bond acceptors (Lipinski definition) is 4. The highest BCUT2D eigenvalue weighted by atomic mass is 32.2. The molecule has 16 heavy (non-hydrogen) atoms. The Morgan fingerprint density at radius 1 is 1.19 bits per heavy atom. The molecule has 0 aromatic heterocycles. The first kappa shape index (κ1) is 11.7. The SMILES string of the molecule is O=C1CCC(NC2CCS(=O)CC2)C(=O)N1. The quantitative estimate of drug-likeness (QED) is 0.629. The molecule has 2 N–H and O–H groups in total. The van der Waals surface area contributed by atoms with Gasteiger partial charge in [0.1, 0.15) is 0 Å². The second kappa shape index (κ2) is 5.05. The van der Waals surface area contributed by atoms with E-state index in [0.717, 1.165) is 12.8 Å². The molecule has 0 spiro atoms. The van der Waals surface area contributed by atoms with Gasteiger partial charge in [-0.05, 0) is 19.3 Å². The number of piperidine rings is 1. The van der Waals surface area contributed by atoms with E-state index in [2.05, 4.69) is 10.6 Å².